The molecule has 0 bridgehead atoms. The number of amides is 2. The number of carbonyl (C=O) groups excluding carboxylic acids is 1. The number of urea groups is 1. The van der Waals surface area contributed by atoms with Gasteiger partial charge in [-0.1, -0.05) is 12.1 Å². The van der Waals surface area contributed by atoms with Crippen LogP contribution in [0, 0.1) is 0 Å². The number of aliphatic imine (C=N–C) groups is 1. The smallest absolute Gasteiger partial charge is 0.319 e. The number of hydrogen-bond donors (Lipinski definition) is 3. The normalized spacial score (nSPS) is 10.5. The number of rotatable bonds is 5. The summed E-state index contributed by atoms with van der Waals surface area (Å²) in [6.07, 6.45) is 1.62. The van der Waals surface area contributed by atoms with Gasteiger partial charge in [-0.2, -0.15) is 0 Å². The minimum Gasteiger partial charge on any atom is -0.319 e. The molecule has 1 aromatic carbocycles. The lowest BCUT2D eigenvalue weighted by molar-refractivity contribution is -0.253. The highest BCUT2D eigenvalue weighted by atomic mass is 17.1. The predicted octanol–water partition coefficient (Wildman–Crippen LogP) is 1.85. The molecular weight excluding hydrogens is 222 g/mol. The second-order valence-corrected chi connectivity index (χ2v) is 3.20. The Hall–Kier alpha value is -1.92. The summed E-state index contributed by atoms with van der Waals surface area (Å²) in [4.78, 5) is 19.2. The summed E-state index contributed by atoms with van der Waals surface area (Å²) in [5.74, 6) is 0. The summed E-state index contributed by atoms with van der Waals surface area (Å²) in [6.45, 7) is 2.15. The van der Waals surface area contributed by atoms with Crippen molar-refractivity contribution in [3.8, 4) is 0 Å². The van der Waals surface area contributed by atoms with Gasteiger partial charge in [0.1, 0.15) is 13.3 Å². The van der Waals surface area contributed by atoms with Crippen LogP contribution in [0.4, 0.5) is 10.5 Å². The van der Waals surface area contributed by atoms with E-state index in [9.17, 15) is 4.79 Å². The molecular formula is C11H15N3O3. The average Bonchev–Trinajstić information content (AvgIpc) is 2.32. The van der Waals surface area contributed by atoms with E-state index < -0.39 is 0 Å². The van der Waals surface area contributed by atoms with Gasteiger partial charge >= 0.3 is 6.03 Å². The lowest BCUT2D eigenvalue weighted by Crippen LogP contribution is -2.28. The number of carbonyl (C=O) groups is 1. The van der Waals surface area contributed by atoms with Crippen LogP contribution in [0.15, 0.2) is 29.3 Å². The standard InChI is InChI=1S/C11H15N3O3/c1-2-12-8-13-11(15)14-10-5-3-9(4-6-10)7-17-16/h2-6,16H,7-8H2,1H3,(H2,13,14,15). The highest BCUT2D eigenvalue weighted by molar-refractivity contribution is 5.89. The Morgan fingerprint density at radius 2 is 2.18 bits per heavy atom. The van der Waals surface area contributed by atoms with Gasteiger partial charge in [0, 0.05) is 5.69 Å². The Labute approximate surface area is 99.2 Å². The molecule has 0 aromatic heterocycles. The molecule has 0 saturated carbocycles. The van der Waals surface area contributed by atoms with Crippen LogP contribution in [0.1, 0.15) is 12.5 Å². The van der Waals surface area contributed by atoms with Crippen LogP contribution < -0.4 is 10.6 Å². The van der Waals surface area contributed by atoms with Crippen molar-refractivity contribution in [1.82, 2.24) is 5.32 Å². The zero-order valence-corrected chi connectivity index (χ0v) is 9.51. The molecule has 0 aliphatic carbocycles. The van der Waals surface area contributed by atoms with Gasteiger partial charge in [0.15, 0.2) is 0 Å². The lowest BCUT2D eigenvalue weighted by Gasteiger charge is -2.06. The molecule has 2 amide bonds. The quantitative estimate of drug-likeness (QED) is 0.415. The van der Waals surface area contributed by atoms with Gasteiger partial charge < -0.3 is 10.6 Å². The first-order valence-electron chi connectivity index (χ1n) is 5.11. The second-order valence-electron chi connectivity index (χ2n) is 3.20. The van der Waals surface area contributed by atoms with Crippen LogP contribution in [0.25, 0.3) is 0 Å². The third-order valence-corrected chi connectivity index (χ3v) is 1.96. The van der Waals surface area contributed by atoms with Crippen molar-refractivity contribution in [2.24, 2.45) is 4.99 Å². The molecule has 0 fully saturated rings. The van der Waals surface area contributed by atoms with Gasteiger partial charge in [0.2, 0.25) is 0 Å². The molecule has 0 spiro atoms. The number of anilines is 1. The molecule has 0 unspecified atom stereocenters. The van der Waals surface area contributed by atoms with Crippen LogP contribution in [0.2, 0.25) is 0 Å². The molecule has 0 aliphatic rings. The first kappa shape index (κ1) is 13.1. The van der Waals surface area contributed by atoms with Crippen molar-refractivity contribution in [3.63, 3.8) is 0 Å². The van der Waals surface area contributed by atoms with Gasteiger partial charge in [-0.25, -0.2) is 9.68 Å². The first-order chi connectivity index (χ1) is 8.26. The number of nitrogens with zero attached hydrogens (tertiary/aromatic N) is 1. The third-order valence-electron chi connectivity index (χ3n) is 1.96. The van der Waals surface area contributed by atoms with Gasteiger partial charge in [0.05, 0.1) is 0 Å². The molecule has 6 heteroatoms. The minimum absolute atomic E-state index is 0.123. The van der Waals surface area contributed by atoms with Gasteiger partial charge in [-0.05, 0) is 30.8 Å². The molecule has 0 atom stereocenters. The Kier molecular flexibility index (Phi) is 5.70. The average molecular weight is 237 g/mol. The number of nitrogens with one attached hydrogen (secondary N) is 2. The summed E-state index contributed by atoms with van der Waals surface area (Å²) in [5.41, 5.74) is 1.47. The van der Waals surface area contributed by atoms with E-state index >= 15 is 0 Å². The van der Waals surface area contributed by atoms with Crippen LogP contribution in [0.5, 0.6) is 0 Å². The van der Waals surface area contributed by atoms with Crippen LogP contribution in [-0.2, 0) is 11.5 Å². The minimum atomic E-state index is -0.318. The van der Waals surface area contributed by atoms with Gasteiger partial charge in [-0.15, -0.1) is 0 Å². The van der Waals surface area contributed by atoms with E-state index in [2.05, 4.69) is 20.5 Å². The largest absolute Gasteiger partial charge is 0.320 e. The molecule has 1 aromatic rings. The zero-order chi connectivity index (χ0) is 12.5. The SMILES string of the molecule is CC=NCNC(=O)Nc1ccc(COO)cc1. The molecule has 92 valence electrons. The fraction of sp³-hybridized carbons (Fsp3) is 0.273. The maximum atomic E-state index is 11.3. The fourth-order valence-electron chi connectivity index (χ4n) is 1.14. The molecule has 0 saturated heterocycles. The zero-order valence-electron chi connectivity index (χ0n) is 9.51. The third kappa shape index (κ3) is 5.10. The van der Waals surface area contributed by atoms with E-state index in [4.69, 9.17) is 5.26 Å². The van der Waals surface area contributed by atoms with Crippen molar-refractivity contribution in [1.29, 1.82) is 0 Å². The van der Waals surface area contributed by atoms with Gasteiger partial charge in [-0.3, -0.25) is 10.2 Å². The van der Waals surface area contributed by atoms with E-state index in [1.807, 2.05) is 0 Å². The van der Waals surface area contributed by atoms with E-state index in [0.29, 0.717) is 5.69 Å². The number of benzene rings is 1. The molecule has 6 nitrogen and oxygen atoms in total. The van der Waals surface area contributed by atoms with Crippen molar-refractivity contribution >= 4 is 17.9 Å². The lowest BCUT2D eigenvalue weighted by atomic mass is 10.2. The second kappa shape index (κ2) is 7.37. The summed E-state index contributed by atoms with van der Waals surface area (Å²) >= 11 is 0. The van der Waals surface area contributed by atoms with Gasteiger partial charge in [0.25, 0.3) is 0 Å². The van der Waals surface area contributed by atoms with Crippen molar-refractivity contribution in [2.75, 3.05) is 12.0 Å². The Bertz CT molecular complexity index is 376. The molecule has 3 N–H and O–H groups in total. The van der Waals surface area contributed by atoms with Crippen molar-refractivity contribution in [2.45, 2.75) is 13.5 Å². The Morgan fingerprint density at radius 3 is 2.76 bits per heavy atom. The van der Waals surface area contributed by atoms with Crippen molar-refractivity contribution in [3.05, 3.63) is 29.8 Å². The Morgan fingerprint density at radius 1 is 1.47 bits per heavy atom. The van der Waals surface area contributed by atoms with Crippen LogP contribution in [-0.4, -0.2) is 24.2 Å². The first-order valence-corrected chi connectivity index (χ1v) is 5.11. The monoisotopic (exact) mass is 237 g/mol. The Balaban J connectivity index is 2.42. The summed E-state index contributed by atoms with van der Waals surface area (Å²) < 4.78 is 0. The molecule has 17 heavy (non-hydrogen) atoms. The van der Waals surface area contributed by atoms with Crippen LogP contribution in [0.3, 0.4) is 0 Å². The molecule has 1 rings (SSSR count). The van der Waals surface area contributed by atoms with E-state index in [-0.39, 0.29) is 19.3 Å². The van der Waals surface area contributed by atoms with Crippen LogP contribution >= 0.6 is 0 Å². The predicted molar refractivity (Wildman–Crippen MR) is 65.0 cm³/mol. The summed E-state index contributed by atoms with van der Waals surface area (Å²) in [7, 11) is 0. The fourth-order valence-corrected chi connectivity index (χ4v) is 1.14. The molecule has 0 heterocycles. The van der Waals surface area contributed by atoms with Crippen molar-refractivity contribution < 1.29 is 14.9 Å². The maximum absolute atomic E-state index is 11.3. The molecule has 0 radical (unpaired) electrons. The van der Waals surface area contributed by atoms with E-state index in [1.165, 1.54) is 0 Å². The molecule has 0 aliphatic heterocycles. The van der Waals surface area contributed by atoms with E-state index in [0.717, 1.165) is 5.56 Å². The highest BCUT2D eigenvalue weighted by Crippen LogP contribution is 2.09. The van der Waals surface area contributed by atoms with E-state index in [1.54, 1.807) is 37.4 Å². The topological polar surface area (TPSA) is 83.0 Å². The number of hydrogen-bond acceptors (Lipinski definition) is 4. The highest BCUT2D eigenvalue weighted by Gasteiger charge is 2.00. The maximum Gasteiger partial charge on any atom is 0.320 e. The summed E-state index contributed by atoms with van der Waals surface area (Å²) in [6, 6.07) is 6.61. The summed E-state index contributed by atoms with van der Waals surface area (Å²) in [5, 5.41) is 13.5.